The highest BCUT2D eigenvalue weighted by Crippen LogP contribution is 2.53. The third kappa shape index (κ3) is 9.87. The summed E-state index contributed by atoms with van der Waals surface area (Å²) in [7, 11) is 0. The molecule has 4 heterocycles. The van der Waals surface area contributed by atoms with Gasteiger partial charge >= 0.3 is 0 Å². The van der Waals surface area contributed by atoms with Gasteiger partial charge in [0.15, 0.2) is 0 Å². The third-order valence-corrected chi connectivity index (χ3v) is 24.0. The van der Waals surface area contributed by atoms with Crippen LogP contribution in [0.1, 0.15) is 181 Å². The molecule has 6 aliphatic carbocycles. The molecule has 2 aliphatic heterocycles. The van der Waals surface area contributed by atoms with E-state index in [9.17, 15) is 0 Å². The maximum Gasteiger partial charge on any atom is 0.252 e. The van der Waals surface area contributed by atoms with Gasteiger partial charge in [-0.15, -0.1) is 0 Å². The highest BCUT2D eigenvalue weighted by Gasteiger charge is 2.51. The van der Waals surface area contributed by atoms with E-state index < -0.39 is 0 Å². The van der Waals surface area contributed by atoms with Crippen LogP contribution in [0.3, 0.4) is 0 Å². The van der Waals surface area contributed by atoms with Crippen LogP contribution in [0.2, 0.25) is 0 Å². The molecule has 0 bridgehead atoms. The van der Waals surface area contributed by atoms with E-state index in [-0.39, 0.29) is 29.6 Å². The van der Waals surface area contributed by atoms with Gasteiger partial charge in [-0.3, -0.25) is 0 Å². The fourth-order valence-electron chi connectivity index (χ4n) is 19.3. The molecule has 0 N–H and O–H groups in total. The Kier molecular flexibility index (Phi) is 14.8. The molecule has 4 nitrogen and oxygen atoms in total. The number of hydrogen-bond acceptors (Lipinski definition) is 2. The van der Waals surface area contributed by atoms with Crippen molar-refractivity contribution in [1.82, 2.24) is 9.13 Å². The number of rotatable bonds is 9. The Morgan fingerprint density at radius 3 is 1.30 bits per heavy atom. The number of fused-ring (bicyclic) bond motifs is 10. The monoisotopic (exact) mass is 1220 g/mol. The average molecular weight is 1220 g/mol. The van der Waals surface area contributed by atoms with Gasteiger partial charge in [-0.25, -0.2) is 0 Å². The van der Waals surface area contributed by atoms with E-state index in [1.807, 2.05) is 0 Å². The zero-order valence-corrected chi connectivity index (χ0v) is 56.6. The molecule has 470 valence electrons. The minimum atomic E-state index is 0.00320. The van der Waals surface area contributed by atoms with Gasteiger partial charge in [-0.05, 0) is 262 Å². The molecule has 2 aromatic heterocycles. The second kappa shape index (κ2) is 23.3. The van der Waals surface area contributed by atoms with Crippen LogP contribution >= 0.6 is 0 Å². The van der Waals surface area contributed by atoms with Crippen LogP contribution in [-0.2, 0) is 17.3 Å². The first-order valence-corrected chi connectivity index (χ1v) is 36.6. The van der Waals surface area contributed by atoms with Gasteiger partial charge in [-0.1, -0.05) is 169 Å². The molecular formula is C88H95BN4. The van der Waals surface area contributed by atoms with Crippen molar-refractivity contribution in [2.24, 2.45) is 23.7 Å². The number of benzene rings is 7. The second-order valence-corrected chi connectivity index (χ2v) is 31.4. The van der Waals surface area contributed by atoms with E-state index >= 15 is 0 Å². The smallest absolute Gasteiger partial charge is 0.252 e. The first-order chi connectivity index (χ1) is 45.4. The van der Waals surface area contributed by atoms with Crippen molar-refractivity contribution in [3.05, 3.63) is 221 Å². The minimum Gasteiger partial charge on any atom is -0.334 e. The molecule has 8 aliphatic rings. The number of para-hydroxylation sites is 2. The standard InChI is InChI=1S/C88H95BN4/c1-8-57-51-82-84-83(52-57)93(86-68(60-31-17-11-18-32-60)39-26-40-69(86)61-33-19-12-20-34-61)81-56-65(91-77-42-24-22-36-71(77)73-54-63(88(5,6)7)44-50-79(73)91)46-48-75(81)89(84)74-47-45-64(90-76-41-23-21-35-70(76)72-53-62(87(2,3)4)43-49-78(72)90)55-80(74)92(82)85-66(58-27-13-9-14-28-58)37-25-38-67(85)59-29-15-10-16-30-59/h9,11,13,17,21-24,29,33,35-37,39,41-56,58,60,67,69,85-86H,8,10,12,14-16,18-20,25-28,30-32,34,38,40H2,1-7H3. The van der Waals surface area contributed by atoms with Crippen LogP contribution in [0, 0.1) is 23.7 Å². The van der Waals surface area contributed by atoms with Crippen molar-refractivity contribution in [1.29, 1.82) is 0 Å². The van der Waals surface area contributed by atoms with Gasteiger partial charge in [-0.2, -0.15) is 0 Å². The normalized spacial score (nSPS) is 23.2. The summed E-state index contributed by atoms with van der Waals surface area (Å²) in [5.41, 5.74) is 28.8. The summed E-state index contributed by atoms with van der Waals surface area (Å²) < 4.78 is 5.25. The van der Waals surface area contributed by atoms with Crippen LogP contribution in [0.15, 0.2) is 204 Å². The zero-order valence-electron chi connectivity index (χ0n) is 56.6. The van der Waals surface area contributed by atoms with E-state index in [1.54, 1.807) is 22.3 Å². The lowest BCUT2D eigenvalue weighted by Gasteiger charge is -2.53. The fraction of sp³-hybridized carbons (Fsp3) is 0.386. The summed E-state index contributed by atoms with van der Waals surface area (Å²) in [5.74, 6) is 1.86. The van der Waals surface area contributed by atoms with Crippen LogP contribution < -0.4 is 26.2 Å². The van der Waals surface area contributed by atoms with Gasteiger partial charge in [0.2, 0.25) is 0 Å². The van der Waals surface area contributed by atoms with E-state index in [2.05, 4.69) is 249 Å². The average Bonchev–Trinajstić information content (AvgIpc) is 1.20. The zero-order chi connectivity index (χ0) is 62.9. The summed E-state index contributed by atoms with van der Waals surface area (Å²) >= 11 is 0. The predicted molar refractivity (Wildman–Crippen MR) is 399 cm³/mol. The number of nitrogens with zero attached hydrogens (tertiary/aromatic N) is 4. The van der Waals surface area contributed by atoms with Crippen molar-refractivity contribution in [2.75, 3.05) is 9.80 Å². The number of anilines is 4. The van der Waals surface area contributed by atoms with E-state index in [0.29, 0.717) is 23.7 Å². The molecule has 6 unspecified atom stereocenters. The molecule has 0 saturated heterocycles. The fourth-order valence-corrected chi connectivity index (χ4v) is 19.3. The lowest BCUT2D eigenvalue weighted by Crippen LogP contribution is -2.65. The Labute approximate surface area is 554 Å². The molecule has 7 aromatic carbocycles. The summed E-state index contributed by atoms with van der Waals surface area (Å²) in [6, 6.07) is 54.7. The van der Waals surface area contributed by atoms with Crippen molar-refractivity contribution < 1.29 is 0 Å². The van der Waals surface area contributed by atoms with Gasteiger partial charge in [0.05, 0.1) is 34.2 Å². The predicted octanol–water partition coefficient (Wildman–Crippen LogP) is 21.6. The Morgan fingerprint density at radius 1 is 0.419 bits per heavy atom. The van der Waals surface area contributed by atoms with E-state index in [1.165, 1.54) is 188 Å². The SMILES string of the molecule is CCc1cc2c3c(c1)N(C1C(C4CC=CCC4)=CCCC1C1=CCCCC1)c1cc(-n4c5ccccc5c5cc(C(C)(C)C)ccc54)ccc1B3c1ccc(-n3c4ccccc4c4cc(C(C)(C)C)ccc43)cc1N2C1C(C2CC=CCC2)=CCCC1C1=CCCCC1. The maximum atomic E-state index is 3.06. The molecule has 9 aromatic rings. The quantitative estimate of drug-likeness (QED) is 0.106. The molecule has 6 atom stereocenters. The second-order valence-electron chi connectivity index (χ2n) is 31.4. The molecular weight excluding hydrogens is 1120 g/mol. The van der Waals surface area contributed by atoms with E-state index in [0.717, 1.165) is 44.9 Å². The van der Waals surface area contributed by atoms with Crippen LogP contribution in [0.4, 0.5) is 22.7 Å². The minimum absolute atomic E-state index is 0.00320. The molecule has 0 radical (unpaired) electrons. The number of aryl methyl sites for hydroxylation is 1. The summed E-state index contributed by atoms with van der Waals surface area (Å²) in [6.45, 7) is 16.6. The van der Waals surface area contributed by atoms with Crippen LogP contribution in [-0.4, -0.2) is 27.9 Å². The summed E-state index contributed by atoms with van der Waals surface area (Å²) in [5, 5.41) is 5.31. The van der Waals surface area contributed by atoms with E-state index in [4.69, 9.17) is 0 Å². The van der Waals surface area contributed by atoms with Crippen molar-refractivity contribution in [3.8, 4) is 11.4 Å². The summed E-state index contributed by atoms with van der Waals surface area (Å²) in [6.07, 6.45) is 43.7. The molecule has 93 heavy (non-hydrogen) atoms. The highest BCUT2D eigenvalue weighted by molar-refractivity contribution is 7.00. The summed E-state index contributed by atoms with van der Waals surface area (Å²) in [4.78, 5) is 6.13. The topological polar surface area (TPSA) is 16.3 Å². The largest absolute Gasteiger partial charge is 0.334 e. The Balaban J connectivity index is 0.973. The first kappa shape index (κ1) is 59.0. The van der Waals surface area contributed by atoms with Crippen molar-refractivity contribution in [3.63, 3.8) is 0 Å². The van der Waals surface area contributed by atoms with Gasteiger partial charge < -0.3 is 18.9 Å². The molecule has 0 fully saturated rings. The number of allylic oxidation sites excluding steroid dienone is 8. The molecule has 0 amide bonds. The van der Waals surface area contributed by atoms with Crippen LogP contribution in [0.5, 0.6) is 0 Å². The van der Waals surface area contributed by atoms with Gasteiger partial charge in [0, 0.05) is 67.5 Å². The molecule has 5 heteroatoms. The number of hydrogen-bond donors (Lipinski definition) is 0. The van der Waals surface area contributed by atoms with Crippen LogP contribution in [0.25, 0.3) is 55.0 Å². The first-order valence-electron chi connectivity index (χ1n) is 36.6. The van der Waals surface area contributed by atoms with Crippen molar-refractivity contribution >= 4 is 89.5 Å². The molecule has 0 saturated carbocycles. The maximum absolute atomic E-state index is 3.06. The Hall–Kier alpha value is -7.76. The Bertz CT molecular complexity index is 4380. The molecule has 17 rings (SSSR count). The Morgan fingerprint density at radius 2 is 0.882 bits per heavy atom. The van der Waals surface area contributed by atoms with Crippen molar-refractivity contribution in [2.45, 2.75) is 193 Å². The molecule has 0 spiro atoms. The number of aromatic nitrogens is 2. The van der Waals surface area contributed by atoms with Gasteiger partial charge in [0.1, 0.15) is 0 Å². The van der Waals surface area contributed by atoms with Gasteiger partial charge in [0.25, 0.3) is 6.71 Å². The lowest BCUT2D eigenvalue weighted by molar-refractivity contribution is 0.391. The lowest BCUT2D eigenvalue weighted by atomic mass is 9.33. The third-order valence-electron chi connectivity index (χ3n) is 24.0. The highest BCUT2D eigenvalue weighted by atomic mass is 15.2.